The van der Waals surface area contributed by atoms with E-state index in [1.54, 1.807) is 7.11 Å². The van der Waals surface area contributed by atoms with E-state index in [4.69, 9.17) is 9.47 Å². The lowest BCUT2D eigenvalue weighted by Gasteiger charge is -2.10. The fourth-order valence-electron chi connectivity index (χ4n) is 3.25. The molecule has 4 aromatic rings. The van der Waals surface area contributed by atoms with Crippen molar-refractivity contribution < 1.29 is 14.3 Å². The molecule has 4 heteroatoms. The molecule has 150 valence electrons. The molecular formula is C26H23NO3. The second-order valence-electron chi connectivity index (χ2n) is 7.03. The van der Waals surface area contributed by atoms with E-state index < -0.39 is 0 Å². The summed E-state index contributed by atoms with van der Waals surface area (Å²) < 4.78 is 11.1. The first kappa shape index (κ1) is 19.5. The van der Waals surface area contributed by atoms with Crippen molar-refractivity contribution in [3.8, 4) is 11.5 Å². The molecule has 4 nitrogen and oxygen atoms in total. The van der Waals surface area contributed by atoms with Gasteiger partial charge in [-0.25, -0.2) is 0 Å². The van der Waals surface area contributed by atoms with Crippen molar-refractivity contribution in [3.63, 3.8) is 0 Å². The molecular weight excluding hydrogens is 374 g/mol. The van der Waals surface area contributed by atoms with E-state index in [2.05, 4.69) is 17.4 Å². The largest absolute Gasteiger partial charge is 0.497 e. The monoisotopic (exact) mass is 397 g/mol. The van der Waals surface area contributed by atoms with Gasteiger partial charge in [-0.2, -0.15) is 0 Å². The summed E-state index contributed by atoms with van der Waals surface area (Å²) in [6, 6.07) is 29.4. The molecule has 0 radical (unpaired) electrons. The first-order chi connectivity index (χ1) is 14.7. The van der Waals surface area contributed by atoms with Crippen LogP contribution in [0, 0.1) is 0 Å². The second-order valence-corrected chi connectivity index (χ2v) is 7.03. The van der Waals surface area contributed by atoms with Crippen molar-refractivity contribution in [2.45, 2.75) is 13.2 Å². The van der Waals surface area contributed by atoms with Crippen molar-refractivity contribution in [2.75, 3.05) is 7.11 Å². The van der Waals surface area contributed by atoms with Crippen molar-refractivity contribution in [1.29, 1.82) is 0 Å². The number of hydrogen-bond acceptors (Lipinski definition) is 3. The smallest absolute Gasteiger partial charge is 0.251 e. The van der Waals surface area contributed by atoms with Crippen LogP contribution in [0.1, 0.15) is 21.5 Å². The van der Waals surface area contributed by atoms with Crippen molar-refractivity contribution in [2.24, 2.45) is 0 Å². The predicted molar refractivity (Wildman–Crippen MR) is 119 cm³/mol. The number of rotatable bonds is 7. The molecule has 0 aliphatic rings. The maximum absolute atomic E-state index is 12.5. The van der Waals surface area contributed by atoms with E-state index in [0.29, 0.717) is 18.7 Å². The first-order valence-electron chi connectivity index (χ1n) is 9.83. The third-order valence-corrected chi connectivity index (χ3v) is 4.93. The van der Waals surface area contributed by atoms with E-state index in [0.717, 1.165) is 28.0 Å². The highest BCUT2D eigenvalue weighted by Crippen LogP contribution is 2.21. The van der Waals surface area contributed by atoms with Crippen LogP contribution in [0.3, 0.4) is 0 Å². The molecule has 0 heterocycles. The van der Waals surface area contributed by atoms with Crippen LogP contribution in [-0.2, 0) is 13.2 Å². The van der Waals surface area contributed by atoms with Crippen LogP contribution >= 0.6 is 0 Å². The zero-order chi connectivity index (χ0) is 20.8. The highest BCUT2D eigenvalue weighted by molar-refractivity contribution is 5.94. The highest BCUT2D eigenvalue weighted by atomic mass is 16.5. The molecule has 0 spiro atoms. The van der Waals surface area contributed by atoms with E-state index >= 15 is 0 Å². The Morgan fingerprint density at radius 1 is 0.767 bits per heavy atom. The van der Waals surface area contributed by atoms with Gasteiger partial charge in [0.1, 0.15) is 18.1 Å². The zero-order valence-corrected chi connectivity index (χ0v) is 16.8. The molecule has 0 saturated heterocycles. The number of methoxy groups -OCH3 is 1. The standard InChI is InChI=1S/C26H23NO3/c1-29-24-12-9-19(10-13-24)17-27-26(28)23-8-4-5-20(15-23)18-30-25-14-11-21-6-2-3-7-22(21)16-25/h2-16H,17-18H2,1H3,(H,27,28). The summed E-state index contributed by atoms with van der Waals surface area (Å²) in [6.07, 6.45) is 0. The molecule has 0 bridgehead atoms. The fraction of sp³-hybridized carbons (Fsp3) is 0.115. The lowest BCUT2D eigenvalue weighted by Crippen LogP contribution is -2.22. The van der Waals surface area contributed by atoms with Crippen LogP contribution in [0.25, 0.3) is 10.8 Å². The molecule has 0 fully saturated rings. The molecule has 30 heavy (non-hydrogen) atoms. The predicted octanol–water partition coefficient (Wildman–Crippen LogP) is 5.36. The third kappa shape index (κ3) is 4.78. The Labute approximate surface area is 176 Å². The van der Waals surface area contributed by atoms with Gasteiger partial charge in [0.2, 0.25) is 0 Å². The van der Waals surface area contributed by atoms with Crippen LogP contribution in [0.2, 0.25) is 0 Å². The maximum Gasteiger partial charge on any atom is 0.251 e. The van der Waals surface area contributed by atoms with E-state index in [1.165, 1.54) is 5.39 Å². The van der Waals surface area contributed by atoms with E-state index in [1.807, 2.05) is 78.9 Å². The van der Waals surface area contributed by atoms with Crippen LogP contribution in [0.15, 0.2) is 91.0 Å². The Kier molecular flexibility index (Phi) is 5.95. The molecule has 0 aliphatic carbocycles. The van der Waals surface area contributed by atoms with Gasteiger partial charge >= 0.3 is 0 Å². The Bertz CT molecular complexity index is 1150. The van der Waals surface area contributed by atoms with E-state index in [-0.39, 0.29) is 5.91 Å². The summed E-state index contributed by atoms with van der Waals surface area (Å²) in [6.45, 7) is 0.860. The van der Waals surface area contributed by atoms with Crippen LogP contribution in [-0.4, -0.2) is 13.0 Å². The quantitative estimate of drug-likeness (QED) is 0.457. The number of carbonyl (C=O) groups is 1. The summed E-state index contributed by atoms with van der Waals surface area (Å²) in [7, 11) is 1.63. The fourth-order valence-corrected chi connectivity index (χ4v) is 3.25. The molecule has 0 aliphatic heterocycles. The lowest BCUT2D eigenvalue weighted by atomic mass is 10.1. The number of carbonyl (C=O) groups excluding carboxylic acids is 1. The third-order valence-electron chi connectivity index (χ3n) is 4.93. The van der Waals surface area contributed by atoms with Gasteiger partial charge in [0.05, 0.1) is 7.11 Å². The van der Waals surface area contributed by atoms with Gasteiger partial charge < -0.3 is 14.8 Å². The van der Waals surface area contributed by atoms with Crippen LogP contribution in [0.5, 0.6) is 11.5 Å². The number of hydrogen-bond donors (Lipinski definition) is 1. The van der Waals surface area contributed by atoms with Gasteiger partial charge in [-0.05, 0) is 58.3 Å². The normalized spacial score (nSPS) is 10.6. The van der Waals surface area contributed by atoms with Crippen molar-refractivity contribution >= 4 is 16.7 Å². The Morgan fingerprint density at radius 3 is 2.33 bits per heavy atom. The molecule has 0 aromatic heterocycles. The minimum atomic E-state index is -0.113. The molecule has 0 atom stereocenters. The Balaban J connectivity index is 1.36. The number of nitrogens with one attached hydrogen (secondary N) is 1. The maximum atomic E-state index is 12.5. The van der Waals surface area contributed by atoms with Gasteiger partial charge in [-0.1, -0.05) is 54.6 Å². The molecule has 4 rings (SSSR count). The Morgan fingerprint density at radius 2 is 1.53 bits per heavy atom. The van der Waals surface area contributed by atoms with E-state index in [9.17, 15) is 4.79 Å². The van der Waals surface area contributed by atoms with Crippen LogP contribution < -0.4 is 14.8 Å². The number of amides is 1. The van der Waals surface area contributed by atoms with Crippen LogP contribution in [0.4, 0.5) is 0 Å². The summed E-state index contributed by atoms with van der Waals surface area (Å²) in [4.78, 5) is 12.5. The number of ether oxygens (including phenoxy) is 2. The second kappa shape index (κ2) is 9.14. The molecule has 1 N–H and O–H groups in total. The molecule has 0 unspecified atom stereocenters. The summed E-state index contributed by atoms with van der Waals surface area (Å²) >= 11 is 0. The Hall–Kier alpha value is -3.79. The zero-order valence-electron chi connectivity index (χ0n) is 16.8. The van der Waals surface area contributed by atoms with Gasteiger partial charge in [0, 0.05) is 12.1 Å². The molecule has 1 amide bonds. The van der Waals surface area contributed by atoms with Gasteiger partial charge in [0.25, 0.3) is 5.91 Å². The summed E-state index contributed by atoms with van der Waals surface area (Å²) in [5.74, 6) is 1.49. The average molecular weight is 397 g/mol. The first-order valence-corrected chi connectivity index (χ1v) is 9.83. The van der Waals surface area contributed by atoms with Crippen molar-refractivity contribution in [1.82, 2.24) is 5.32 Å². The summed E-state index contributed by atoms with van der Waals surface area (Å²) in [5.41, 5.74) is 2.57. The highest BCUT2D eigenvalue weighted by Gasteiger charge is 2.07. The molecule has 0 saturated carbocycles. The SMILES string of the molecule is COc1ccc(CNC(=O)c2cccc(COc3ccc4ccccc4c3)c2)cc1. The number of fused-ring (bicyclic) bond motifs is 1. The van der Waals surface area contributed by atoms with Crippen molar-refractivity contribution in [3.05, 3.63) is 108 Å². The lowest BCUT2D eigenvalue weighted by molar-refractivity contribution is 0.0950. The number of benzene rings is 4. The summed E-state index contributed by atoms with van der Waals surface area (Å²) in [5, 5.41) is 5.27. The van der Waals surface area contributed by atoms with Gasteiger partial charge in [-0.3, -0.25) is 4.79 Å². The topological polar surface area (TPSA) is 47.6 Å². The minimum Gasteiger partial charge on any atom is -0.497 e. The average Bonchev–Trinajstić information content (AvgIpc) is 2.81. The minimum absolute atomic E-state index is 0.113. The van der Waals surface area contributed by atoms with Gasteiger partial charge in [-0.15, -0.1) is 0 Å². The molecule has 4 aromatic carbocycles. The van der Waals surface area contributed by atoms with Gasteiger partial charge in [0.15, 0.2) is 0 Å².